The third-order valence-electron chi connectivity index (χ3n) is 5.29. The lowest BCUT2D eigenvalue weighted by atomic mass is 10.0. The zero-order valence-electron chi connectivity index (χ0n) is 18.7. The zero-order valence-corrected chi connectivity index (χ0v) is 18.7. The molecule has 0 saturated heterocycles. The van der Waals surface area contributed by atoms with Crippen molar-refractivity contribution in [3.05, 3.63) is 82.9 Å². The Balaban J connectivity index is 1.46. The molecule has 2 aromatic heterocycles. The molecule has 0 radical (unpaired) electrons. The molecule has 4 aromatic rings. The lowest BCUT2D eigenvalue weighted by molar-refractivity contribution is 0.656. The Kier molecular flexibility index (Phi) is 7.17. The summed E-state index contributed by atoms with van der Waals surface area (Å²) in [5.41, 5.74) is 4.65. The SMILES string of the molecule is CCC=Cc1nc(CCCC)nn1Cc1ccc(Cc2cccc(-c3nn[nH]n3)c2)cc1. The molecule has 0 aliphatic rings. The van der Waals surface area contributed by atoms with Crippen molar-refractivity contribution in [1.82, 2.24) is 35.4 Å². The predicted molar refractivity (Wildman–Crippen MR) is 126 cm³/mol. The Labute approximate surface area is 188 Å². The highest BCUT2D eigenvalue weighted by atomic mass is 15.5. The van der Waals surface area contributed by atoms with Gasteiger partial charge in [-0.3, -0.25) is 0 Å². The molecule has 0 amide bonds. The maximum Gasteiger partial charge on any atom is 0.204 e. The second kappa shape index (κ2) is 10.6. The minimum absolute atomic E-state index is 0.612. The lowest BCUT2D eigenvalue weighted by Crippen LogP contribution is -2.05. The van der Waals surface area contributed by atoms with Crippen molar-refractivity contribution in [1.29, 1.82) is 0 Å². The summed E-state index contributed by atoms with van der Waals surface area (Å²) in [5, 5.41) is 19.0. The van der Waals surface area contributed by atoms with Gasteiger partial charge in [0.05, 0.1) is 6.54 Å². The highest BCUT2D eigenvalue weighted by Crippen LogP contribution is 2.18. The van der Waals surface area contributed by atoms with Gasteiger partial charge in [-0.1, -0.05) is 68.8 Å². The largest absolute Gasteiger partial charge is 0.242 e. The molecule has 0 fully saturated rings. The summed E-state index contributed by atoms with van der Waals surface area (Å²) < 4.78 is 2.01. The summed E-state index contributed by atoms with van der Waals surface area (Å²) in [6.45, 7) is 5.04. The van der Waals surface area contributed by atoms with Crippen molar-refractivity contribution in [2.45, 2.75) is 52.5 Å². The fraction of sp³-hybridized carbons (Fsp3) is 0.320. The fourth-order valence-corrected chi connectivity index (χ4v) is 3.58. The van der Waals surface area contributed by atoms with Gasteiger partial charge in [-0.2, -0.15) is 10.3 Å². The maximum absolute atomic E-state index is 4.75. The Bertz CT molecular complexity index is 1140. The first-order valence-corrected chi connectivity index (χ1v) is 11.3. The highest BCUT2D eigenvalue weighted by molar-refractivity contribution is 5.55. The highest BCUT2D eigenvalue weighted by Gasteiger charge is 2.09. The van der Waals surface area contributed by atoms with Crippen molar-refractivity contribution < 1.29 is 0 Å². The molecule has 0 spiro atoms. The minimum atomic E-state index is 0.612. The van der Waals surface area contributed by atoms with E-state index in [0.717, 1.165) is 55.9 Å². The van der Waals surface area contributed by atoms with E-state index in [0.29, 0.717) is 5.82 Å². The minimum Gasteiger partial charge on any atom is -0.242 e. The molecular weight excluding hydrogens is 398 g/mol. The van der Waals surface area contributed by atoms with E-state index in [4.69, 9.17) is 10.1 Å². The quantitative estimate of drug-likeness (QED) is 0.390. The van der Waals surface area contributed by atoms with Gasteiger partial charge in [0, 0.05) is 12.0 Å². The third-order valence-corrected chi connectivity index (χ3v) is 5.29. The number of hydrogen-bond donors (Lipinski definition) is 1. The standard InChI is InChI=1S/C25H29N7/c1-3-5-10-23-26-24(11-6-4-2)32(29-23)18-20-14-12-19(13-15-20)16-21-8-7-9-22(17-21)25-27-30-31-28-25/h6-9,11-15,17H,3-5,10,16,18H2,1-2H3,(H,27,28,30,31). The summed E-state index contributed by atoms with van der Waals surface area (Å²) in [5.74, 6) is 2.47. The van der Waals surface area contributed by atoms with E-state index in [2.05, 4.69) is 83.0 Å². The second-order valence-corrected chi connectivity index (χ2v) is 7.89. The van der Waals surface area contributed by atoms with E-state index in [-0.39, 0.29) is 0 Å². The molecule has 0 saturated carbocycles. The van der Waals surface area contributed by atoms with Crippen LogP contribution in [0.2, 0.25) is 0 Å². The topological polar surface area (TPSA) is 85.2 Å². The van der Waals surface area contributed by atoms with Gasteiger partial charge in [-0.15, -0.1) is 10.2 Å². The van der Waals surface area contributed by atoms with Crippen molar-refractivity contribution in [2.75, 3.05) is 0 Å². The molecule has 7 nitrogen and oxygen atoms in total. The first kappa shape index (κ1) is 21.6. The third kappa shape index (κ3) is 5.55. The van der Waals surface area contributed by atoms with Gasteiger partial charge >= 0.3 is 0 Å². The number of tetrazole rings is 1. The molecule has 0 unspecified atom stereocenters. The van der Waals surface area contributed by atoms with Gasteiger partial charge in [0.25, 0.3) is 0 Å². The number of aryl methyl sites for hydroxylation is 1. The molecule has 0 bridgehead atoms. The van der Waals surface area contributed by atoms with E-state index in [1.807, 2.05) is 16.8 Å². The first-order chi connectivity index (χ1) is 15.7. The fourth-order valence-electron chi connectivity index (χ4n) is 3.58. The Morgan fingerprint density at radius 2 is 1.84 bits per heavy atom. The maximum atomic E-state index is 4.75. The lowest BCUT2D eigenvalue weighted by Gasteiger charge is -2.07. The molecule has 32 heavy (non-hydrogen) atoms. The molecule has 0 aliphatic heterocycles. The zero-order chi connectivity index (χ0) is 22.2. The molecule has 2 heterocycles. The van der Waals surface area contributed by atoms with E-state index in [1.54, 1.807) is 0 Å². The Hall–Kier alpha value is -3.61. The van der Waals surface area contributed by atoms with Gasteiger partial charge < -0.3 is 0 Å². The first-order valence-electron chi connectivity index (χ1n) is 11.3. The number of rotatable bonds is 10. The molecule has 7 heteroatoms. The Morgan fingerprint density at radius 3 is 2.59 bits per heavy atom. The van der Waals surface area contributed by atoms with Crippen LogP contribution in [0.5, 0.6) is 0 Å². The van der Waals surface area contributed by atoms with E-state index in [9.17, 15) is 0 Å². The van der Waals surface area contributed by atoms with Crippen molar-refractivity contribution in [2.24, 2.45) is 0 Å². The number of aromatic nitrogens is 7. The van der Waals surface area contributed by atoms with Crippen LogP contribution in [0.4, 0.5) is 0 Å². The van der Waals surface area contributed by atoms with Crippen LogP contribution in [0.1, 0.15) is 61.4 Å². The van der Waals surface area contributed by atoms with Crippen molar-refractivity contribution in [3.8, 4) is 11.4 Å². The number of H-pyrrole nitrogens is 1. The predicted octanol–water partition coefficient (Wildman–Crippen LogP) is 4.86. The smallest absolute Gasteiger partial charge is 0.204 e. The molecule has 0 atom stereocenters. The van der Waals surface area contributed by atoms with E-state index in [1.165, 1.54) is 16.7 Å². The number of allylic oxidation sites excluding steroid dienone is 1. The van der Waals surface area contributed by atoms with Gasteiger partial charge in [0.2, 0.25) is 5.82 Å². The van der Waals surface area contributed by atoms with Crippen molar-refractivity contribution >= 4 is 6.08 Å². The summed E-state index contributed by atoms with van der Waals surface area (Å²) in [6.07, 6.45) is 9.24. The normalized spacial score (nSPS) is 11.4. The van der Waals surface area contributed by atoms with Gasteiger partial charge in [0.15, 0.2) is 11.6 Å². The molecule has 4 rings (SSSR count). The van der Waals surface area contributed by atoms with Gasteiger partial charge in [0.1, 0.15) is 0 Å². The van der Waals surface area contributed by atoms with Crippen LogP contribution in [0.25, 0.3) is 17.5 Å². The summed E-state index contributed by atoms with van der Waals surface area (Å²) in [6, 6.07) is 17.0. The van der Waals surface area contributed by atoms with Crippen LogP contribution in [0, 0.1) is 0 Å². The average Bonchev–Trinajstić information content (AvgIpc) is 3.48. The van der Waals surface area contributed by atoms with Gasteiger partial charge in [-0.25, -0.2) is 9.67 Å². The van der Waals surface area contributed by atoms with Gasteiger partial charge in [-0.05, 0) is 53.3 Å². The average molecular weight is 428 g/mol. The van der Waals surface area contributed by atoms with E-state index < -0.39 is 0 Å². The number of aromatic amines is 1. The van der Waals surface area contributed by atoms with Crippen LogP contribution < -0.4 is 0 Å². The summed E-state index contributed by atoms with van der Waals surface area (Å²) in [7, 11) is 0. The summed E-state index contributed by atoms with van der Waals surface area (Å²) >= 11 is 0. The van der Waals surface area contributed by atoms with Crippen LogP contribution in [-0.2, 0) is 19.4 Å². The molecule has 2 aromatic carbocycles. The van der Waals surface area contributed by atoms with Crippen LogP contribution in [-0.4, -0.2) is 35.4 Å². The van der Waals surface area contributed by atoms with Crippen LogP contribution in [0.3, 0.4) is 0 Å². The second-order valence-electron chi connectivity index (χ2n) is 7.89. The van der Waals surface area contributed by atoms with Crippen LogP contribution >= 0.6 is 0 Å². The Morgan fingerprint density at radius 1 is 1.00 bits per heavy atom. The number of hydrogen-bond acceptors (Lipinski definition) is 5. The number of unbranched alkanes of at least 4 members (excludes halogenated alkanes) is 1. The number of nitrogens with zero attached hydrogens (tertiary/aromatic N) is 6. The monoisotopic (exact) mass is 427 g/mol. The molecule has 164 valence electrons. The molecule has 1 N–H and O–H groups in total. The number of nitrogens with one attached hydrogen (secondary N) is 1. The van der Waals surface area contributed by atoms with Crippen molar-refractivity contribution in [3.63, 3.8) is 0 Å². The van der Waals surface area contributed by atoms with Crippen LogP contribution in [0.15, 0.2) is 54.6 Å². The van der Waals surface area contributed by atoms with E-state index >= 15 is 0 Å². The summed E-state index contributed by atoms with van der Waals surface area (Å²) in [4.78, 5) is 4.73. The molecule has 0 aliphatic carbocycles. The number of benzene rings is 2. The molecular formula is C25H29N7.